The van der Waals surface area contributed by atoms with E-state index < -0.39 is 21.2 Å². The molecule has 6 nitrogen and oxygen atoms in total. The molecule has 1 aromatic carbocycles. The van der Waals surface area contributed by atoms with Crippen LogP contribution in [-0.4, -0.2) is 37.7 Å². The van der Waals surface area contributed by atoms with Gasteiger partial charge in [-0.2, -0.15) is 0 Å². The molecule has 1 amide bonds. The molecule has 1 aromatic rings. The number of hydrogen-bond donors (Lipinski definition) is 2. The summed E-state index contributed by atoms with van der Waals surface area (Å²) in [7, 11) is -3.27. The van der Waals surface area contributed by atoms with E-state index in [9.17, 15) is 18.0 Å². The molecule has 3 rings (SSSR count). The molecular formula is C19H25NO5S. The SMILES string of the molecule is CS(=O)(=O)c1ccc(C2(C(=O)NC3CC(C(=O)O)C3)CCCCC2)cc1. The largest absolute Gasteiger partial charge is 0.481 e. The highest BCUT2D eigenvalue weighted by atomic mass is 32.2. The minimum Gasteiger partial charge on any atom is -0.481 e. The molecule has 7 heteroatoms. The summed E-state index contributed by atoms with van der Waals surface area (Å²) in [5, 5.41) is 12.0. The van der Waals surface area contributed by atoms with E-state index in [-0.39, 0.29) is 22.8 Å². The van der Waals surface area contributed by atoms with Crippen LogP contribution in [0.5, 0.6) is 0 Å². The summed E-state index contributed by atoms with van der Waals surface area (Å²) < 4.78 is 23.4. The van der Waals surface area contributed by atoms with Gasteiger partial charge in [0.25, 0.3) is 0 Å². The molecule has 0 heterocycles. The topological polar surface area (TPSA) is 101 Å². The first-order valence-corrected chi connectivity index (χ1v) is 11.0. The van der Waals surface area contributed by atoms with Crippen molar-refractivity contribution >= 4 is 21.7 Å². The second-order valence-electron chi connectivity index (χ2n) is 7.62. The maximum absolute atomic E-state index is 13.1. The summed E-state index contributed by atoms with van der Waals surface area (Å²) >= 11 is 0. The Morgan fingerprint density at radius 3 is 2.15 bits per heavy atom. The minimum absolute atomic E-state index is 0.0573. The fraction of sp³-hybridized carbons (Fsp3) is 0.579. The number of nitrogens with one attached hydrogen (secondary N) is 1. The maximum atomic E-state index is 13.1. The van der Waals surface area contributed by atoms with Gasteiger partial charge in [0, 0.05) is 12.3 Å². The van der Waals surface area contributed by atoms with Crippen LogP contribution in [0.1, 0.15) is 50.5 Å². The Bertz CT molecular complexity index is 788. The molecule has 2 N–H and O–H groups in total. The van der Waals surface area contributed by atoms with Gasteiger partial charge < -0.3 is 10.4 Å². The number of amides is 1. The highest BCUT2D eigenvalue weighted by Crippen LogP contribution is 2.41. The number of carboxylic acids is 1. The van der Waals surface area contributed by atoms with E-state index in [0.717, 1.165) is 37.7 Å². The third-order valence-electron chi connectivity index (χ3n) is 5.80. The van der Waals surface area contributed by atoms with Crippen LogP contribution >= 0.6 is 0 Å². The number of rotatable bonds is 5. The van der Waals surface area contributed by atoms with Gasteiger partial charge in [0.05, 0.1) is 16.2 Å². The lowest BCUT2D eigenvalue weighted by atomic mass is 9.68. The van der Waals surface area contributed by atoms with E-state index in [1.165, 1.54) is 6.26 Å². The van der Waals surface area contributed by atoms with E-state index in [0.29, 0.717) is 12.8 Å². The van der Waals surface area contributed by atoms with Crippen molar-refractivity contribution in [2.45, 2.75) is 61.3 Å². The summed E-state index contributed by atoms with van der Waals surface area (Å²) in [6, 6.07) is 6.55. The quantitative estimate of drug-likeness (QED) is 0.817. The molecule has 0 saturated heterocycles. The van der Waals surface area contributed by atoms with E-state index >= 15 is 0 Å². The van der Waals surface area contributed by atoms with Crippen LogP contribution < -0.4 is 5.32 Å². The summed E-state index contributed by atoms with van der Waals surface area (Å²) in [6.45, 7) is 0. The van der Waals surface area contributed by atoms with Crippen LogP contribution in [0.15, 0.2) is 29.2 Å². The predicted molar refractivity (Wildman–Crippen MR) is 96.6 cm³/mol. The predicted octanol–water partition coefficient (Wildman–Crippen LogP) is 2.27. The van der Waals surface area contributed by atoms with Gasteiger partial charge in [-0.05, 0) is 43.4 Å². The Hall–Kier alpha value is -1.89. The van der Waals surface area contributed by atoms with Gasteiger partial charge in [0.15, 0.2) is 9.84 Å². The monoisotopic (exact) mass is 379 g/mol. The van der Waals surface area contributed by atoms with Gasteiger partial charge in [-0.1, -0.05) is 31.4 Å². The summed E-state index contributed by atoms with van der Waals surface area (Å²) in [6.07, 6.45) is 6.56. The Morgan fingerprint density at radius 2 is 1.65 bits per heavy atom. The lowest BCUT2D eigenvalue weighted by molar-refractivity contribution is -0.146. The maximum Gasteiger partial charge on any atom is 0.306 e. The normalized spacial score (nSPS) is 25.1. The van der Waals surface area contributed by atoms with E-state index in [1.807, 2.05) is 0 Å². The molecule has 0 bridgehead atoms. The third kappa shape index (κ3) is 3.63. The van der Waals surface area contributed by atoms with Crippen LogP contribution in [0.2, 0.25) is 0 Å². The third-order valence-corrected chi connectivity index (χ3v) is 6.93. The van der Waals surface area contributed by atoms with Gasteiger partial charge in [0.2, 0.25) is 5.91 Å². The summed E-state index contributed by atoms with van der Waals surface area (Å²) in [5.74, 6) is -1.23. The summed E-state index contributed by atoms with van der Waals surface area (Å²) in [5.41, 5.74) is 0.194. The lowest BCUT2D eigenvalue weighted by Crippen LogP contribution is -2.53. The second-order valence-corrected chi connectivity index (χ2v) is 9.63. The van der Waals surface area contributed by atoms with Crippen LogP contribution in [0.4, 0.5) is 0 Å². The molecule has 2 saturated carbocycles. The molecule has 0 radical (unpaired) electrons. The summed E-state index contributed by atoms with van der Waals surface area (Å²) in [4.78, 5) is 24.3. The van der Waals surface area contributed by atoms with E-state index in [1.54, 1.807) is 24.3 Å². The molecule has 0 aromatic heterocycles. The van der Waals surface area contributed by atoms with E-state index in [4.69, 9.17) is 5.11 Å². The average Bonchev–Trinajstić information content (AvgIpc) is 2.57. The Balaban J connectivity index is 1.80. The number of aliphatic carboxylic acids is 1. The fourth-order valence-electron chi connectivity index (χ4n) is 4.08. The van der Waals surface area contributed by atoms with Crippen LogP contribution in [-0.2, 0) is 24.8 Å². The molecule has 0 spiro atoms. The van der Waals surface area contributed by atoms with Crippen molar-refractivity contribution in [3.8, 4) is 0 Å². The Labute approximate surface area is 153 Å². The van der Waals surface area contributed by atoms with Crippen molar-refractivity contribution in [2.75, 3.05) is 6.26 Å². The van der Waals surface area contributed by atoms with Gasteiger partial charge in [-0.15, -0.1) is 0 Å². The number of carbonyl (C=O) groups excluding carboxylic acids is 1. The standard InChI is InChI=1S/C19H25NO5S/c1-26(24,25)16-7-5-14(6-8-16)19(9-3-2-4-10-19)18(23)20-15-11-13(12-15)17(21)22/h5-8,13,15H,2-4,9-12H2,1H3,(H,20,23)(H,21,22). The minimum atomic E-state index is -3.27. The van der Waals surface area contributed by atoms with Crippen molar-refractivity contribution < 1.29 is 23.1 Å². The highest BCUT2D eigenvalue weighted by Gasteiger charge is 2.44. The van der Waals surface area contributed by atoms with Crippen molar-refractivity contribution in [1.82, 2.24) is 5.32 Å². The molecule has 0 aliphatic heterocycles. The van der Waals surface area contributed by atoms with Crippen molar-refractivity contribution in [3.05, 3.63) is 29.8 Å². The van der Waals surface area contributed by atoms with Crippen molar-refractivity contribution in [3.63, 3.8) is 0 Å². The number of carbonyl (C=O) groups is 2. The first kappa shape index (κ1) is 18.9. The zero-order valence-corrected chi connectivity index (χ0v) is 15.7. The number of sulfone groups is 1. The first-order chi connectivity index (χ1) is 12.2. The average molecular weight is 379 g/mol. The van der Waals surface area contributed by atoms with E-state index in [2.05, 4.69) is 5.32 Å². The van der Waals surface area contributed by atoms with Gasteiger partial charge in [-0.25, -0.2) is 8.42 Å². The molecule has 2 aliphatic rings. The second kappa shape index (κ2) is 7.02. The lowest BCUT2D eigenvalue weighted by Gasteiger charge is -2.40. The Kier molecular flexibility index (Phi) is 5.10. The molecule has 2 fully saturated rings. The number of hydrogen-bond acceptors (Lipinski definition) is 4. The van der Waals surface area contributed by atoms with Crippen LogP contribution in [0, 0.1) is 5.92 Å². The van der Waals surface area contributed by atoms with Crippen LogP contribution in [0.3, 0.4) is 0 Å². The number of carboxylic acid groups (broad SMARTS) is 1. The molecular weight excluding hydrogens is 354 g/mol. The number of benzene rings is 1. The Morgan fingerprint density at radius 1 is 1.08 bits per heavy atom. The zero-order chi connectivity index (χ0) is 18.9. The first-order valence-electron chi connectivity index (χ1n) is 9.07. The molecule has 142 valence electrons. The van der Waals surface area contributed by atoms with Gasteiger partial charge in [0.1, 0.15) is 0 Å². The van der Waals surface area contributed by atoms with Gasteiger partial charge >= 0.3 is 5.97 Å². The van der Waals surface area contributed by atoms with Crippen LogP contribution in [0.25, 0.3) is 0 Å². The zero-order valence-electron chi connectivity index (χ0n) is 14.9. The van der Waals surface area contributed by atoms with Crippen molar-refractivity contribution in [1.29, 1.82) is 0 Å². The van der Waals surface area contributed by atoms with Gasteiger partial charge in [-0.3, -0.25) is 9.59 Å². The fourth-order valence-corrected chi connectivity index (χ4v) is 4.71. The molecule has 26 heavy (non-hydrogen) atoms. The molecule has 0 atom stereocenters. The highest BCUT2D eigenvalue weighted by molar-refractivity contribution is 7.90. The van der Waals surface area contributed by atoms with Crippen molar-refractivity contribution in [2.24, 2.45) is 5.92 Å². The molecule has 2 aliphatic carbocycles. The smallest absolute Gasteiger partial charge is 0.306 e. The molecule has 0 unspecified atom stereocenters.